The molecule has 0 saturated carbocycles. The minimum Gasteiger partial charge on any atom is -0.405 e. The predicted molar refractivity (Wildman–Crippen MR) is 123 cm³/mol. The molecule has 2 saturated heterocycles. The van der Waals surface area contributed by atoms with Crippen molar-refractivity contribution in [1.29, 1.82) is 0 Å². The molecule has 168 valence electrons. The lowest BCUT2D eigenvalue weighted by molar-refractivity contribution is -0.214. The molecule has 0 aromatic heterocycles. The van der Waals surface area contributed by atoms with Crippen LogP contribution in [0.3, 0.4) is 0 Å². The number of ether oxygens (including phenoxy) is 3. The first-order chi connectivity index (χ1) is 14.7. The molecule has 2 aliphatic heterocycles. The van der Waals surface area contributed by atoms with Crippen LogP contribution in [0.25, 0.3) is 0 Å². The maximum Gasteiger partial charge on any atom is 0.261 e. The minimum absolute atomic E-state index is 0.0324. The van der Waals surface area contributed by atoms with Gasteiger partial charge in [0.1, 0.15) is 6.10 Å². The molecule has 2 heterocycles. The molecule has 4 unspecified atom stereocenters. The first-order valence-corrected chi connectivity index (χ1v) is 13.0. The molecule has 0 bridgehead atoms. The van der Waals surface area contributed by atoms with Crippen LogP contribution in [0.4, 0.5) is 0 Å². The number of benzene rings is 2. The monoisotopic (exact) mass is 442 g/mol. The van der Waals surface area contributed by atoms with E-state index < -0.39 is 20.4 Å². The van der Waals surface area contributed by atoms with E-state index in [2.05, 4.69) is 69.3 Å². The zero-order chi connectivity index (χ0) is 22.3. The highest BCUT2D eigenvalue weighted by molar-refractivity contribution is 6.99. The van der Waals surface area contributed by atoms with Gasteiger partial charge in [0.25, 0.3) is 8.32 Å². The number of aliphatic hydroxyl groups excluding tert-OH is 1. The quantitative estimate of drug-likeness (QED) is 0.697. The molecule has 31 heavy (non-hydrogen) atoms. The van der Waals surface area contributed by atoms with Gasteiger partial charge >= 0.3 is 0 Å². The molecule has 0 spiro atoms. The van der Waals surface area contributed by atoms with Gasteiger partial charge in [-0.2, -0.15) is 0 Å². The third-order valence-electron chi connectivity index (χ3n) is 6.39. The molecular formula is C25H34O5Si. The second-order valence-corrected chi connectivity index (χ2v) is 14.3. The van der Waals surface area contributed by atoms with Gasteiger partial charge in [0, 0.05) is 5.92 Å². The topological polar surface area (TPSA) is 57.2 Å². The lowest BCUT2D eigenvalue weighted by atomic mass is 10.0. The SMILES string of the molecule is CC1(C)OC2OC(CO[Si](c3ccccc3)(c3ccccc3)C(C)(C)C)C(CO)C2O1. The van der Waals surface area contributed by atoms with Gasteiger partial charge in [-0.3, -0.25) is 0 Å². The molecule has 2 aromatic rings. The maximum atomic E-state index is 10.1. The summed E-state index contributed by atoms with van der Waals surface area (Å²) < 4.78 is 25.1. The van der Waals surface area contributed by atoms with Crippen LogP contribution in [0.2, 0.25) is 5.04 Å². The Kier molecular flexibility index (Phi) is 6.16. The lowest BCUT2D eigenvalue weighted by Crippen LogP contribution is -2.67. The van der Waals surface area contributed by atoms with Crippen molar-refractivity contribution in [2.24, 2.45) is 5.92 Å². The Morgan fingerprint density at radius 1 is 0.935 bits per heavy atom. The van der Waals surface area contributed by atoms with Crippen molar-refractivity contribution in [3.8, 4) is 0 Å². The highest BCUT2D eigenvalue weighted by Crippen LogP contribution is 2.42. The van der Waals surface area contributed by atoms with Crippen LogP contribution < -0.4 is 10.4 Å². The van der Waals surface area contributed by atoms with E-state index in [1.807, 2.05) is 26.0 Å². The van der Waals surface area contributed by atoms with E-state index in [1.165, 1.54) is 10.4 Å². The Morgan fingerprint density at radius 2 is 1.48 bits per heavy atom. The van der Waals surface area contributed by atoms with Gasteiger partial charge < -0.3 is 23.7 Å². The van der Waals surface area contributed by atoms with Crippen LogP contribution >= 0.6 is 0 Å². The summed E-state index contributed by atoms with van der Waals surface area (Å²) >= 11 is 0. The summed E-state index contributed by atoms with van der Waals surface area (Å²) in [5, 5.41) is 12.4. The summed E-state index contributed by atoms with van der Waals surface area (Å²) in [5.41, 5.74) is 0. The van der Waals surface area contributed by atoms with E-state index >= 15 is 0 Å². The fourth-order valence-corrected chi connectivity index (χ4v) is 9.56. The zero-order valence-corrected chi connectivity index (χ0v) is 20.1. The van der Waals surface area contributed by atoms with Crippen molar-refractivity contribution in [2.75, 3.05) is 13.2 Å². The summed E-state index contributed by atoms with van der Waals surface area (Å²) in [6.07, 6.45) is -1.05. The van der Waals surface area contributed by atoms with Gasteiger partial charge in [-0.1, -0.05) is 81.4 Å². The smallest absolute Gasteiger partial charge is 0.261 e. The predicted octanol–water partition coefficient (Wildman–Crippen LogP) is 3.05. The van der Waals surface area contributed by atoms with Crippen molar-refractivity contribution in [3.05, 3.63) is 60.7 Å². The Labute approximate surface area is 186 Å². The standard InChI is InChI=1S/C25H34O5Si/c1-24(2,3)31(18-12-8-6-9-13-18,19-14-10-7-11-15-19)27-17-21-20(16-26)22-23(28-21)30-25(4,5)29-22/h6-15,20-23,26H,16-17H2,1-5H3. The minimum atomic E-state index is -2.67. The average molecular weight is 443 g/mol. The largest absolute Gasteiger partial charge is 0.405 e. The maximum absolute atomic E-state index is 10.1. The van der Waals surface area contributed by atoms with Gasteiger partial charge in [-0.05, 0) is 29.3 Å². The van der Waals surface area contributed by atoms with E-state index in [0.717, 1.165) is 0 Å². The first kappa shape index (κ1) is 22.6. The molecule has 4 atom stereocenters. The van der Waals surface area contributed by atoms with Gasteiger partial charge in [-0.25, -0.2) is 0 Å². The fourth-order valence-electron chi connectivity index (χ4n) is 4.99. The molecule has 2 fully saturated rings. The molecule has 4 rings (SSSR count). The molecule has 2 aromatic carbocycles. The molecule has 6 heteroatoms. The zero-order valence-electron chi connectivity index (χ0n) is 19.1. The van der Waals surface area contributed by atoms with Gasteiger partial charge in [0.05, 0.1) is 19.3 Å². The van der Waals surface area contributed by atoms with Gasteiger partial charge in [0.2, 0.25) is 0 Å². The average Bonchev–Trinajstić information content (AvgIpc) is 3.19. The lowest BCUT2D eigenvalue weighted by Gasteiger charge is -2.43. The van der Waals surface area contributed by atoms with Crippen LogP contribution in [0.15, 0.2) is 60.7 Å². The Hall–Kier alpha value is -1.54. The van der Waals surface area contributed by atoms with Crippen LogP contribution in [0.1, 0.15) is 34.6 Å². The second-order valence-electron chi connectivity index (χ2n) is 9.96. The molecule has 1 N–H and O–H groups in total. The third kappa shape index (κ3) is 4.13. The van der Waals surface area contributed by atoms with Gasteiger partial charge in [-0.15, -0.1) is 0 Å². The van der Waals surface area contributed by atoms with Crippen LogP contribution in [-0.4, -0.2) is 50.9 Å². The van der Waals surface area contributed by atoms with E-state index in [9.17, 15) is 5.11 Å². The number of rotatable bonds is 6. The van der Waals surface area contributed by atoms with Crippen molar-refractivity contribution in [2.45, 2.75) is 63.9 Å². The van der Waals surface area contributed by atoms with Crippen molar-refractivity contribution in [3.63, 3.8) is 0 Å². The molecule has 0 amide bonds. The molecule has 2 aliphatic rings. The second kappa shape index (κ2) is 8.43. The summed E-state index contributed by atoms with van der Waals surface area (Å²) in [6, 6.07) is 21.1. The summed E-state index contributed by atoms with van der Waals surface area (Å²) in [6.45, 7) is 10.8. The summed E-state index contributed by atoms with van der Waals surface area (Å²) in [4.78, 5) is 0. The molecule has 0 aliphatic carbocycles. The molecule has 5 nitrogen and oxygen atoms in total. The van der Waals surface area contributed by atoms with Crippen LogP contribution in [-0.2, 0) is 18.6 Å². The fraction of sp³-hybridized carbons (Fsp3) is 0.520. The first-order valence-electron chi connectivity index (χ1n) is 11.0. The van der Waals surface area contributed by atoms with Crippen molar-refractivity contribution >= 4 is 18.7 Å². The summed E-state index contributed by atoms with van der Waals surface area (Å²) in [7, 11) is -2.67. The Balaban J connectivity index is 1.67. The highest BCUT2D eigenvalue weighted by atomic mass is 28.4. The van der Waals surface area contributed by atoms with E-state index in [0.29, 0.717) is 6.61 Å². The number of hydrogen-bond donors (Lipinski definition) is 1. The van der Waals surface area contributed by atoms with Crippen LogP contribution in [0, 0.1) is 5.92 Å². The third-order valence-corrected chi connectivity index (χ3v) is 11.4. The van der Waals surface area contributed by atoms with Gasteiger partial charge in [0.15, 0.2) is 12.1 Å². The number of aliphatic hydroxyl groups is 1. The van der Waals surface area contributed by atoms with Crippen LogP contribution in [0.5, 0.6) is 0 Å². The molecular weight excluding hydrogens is 408 g/mol. The molecule has 0 radical (unpaired) electrons. The van der Waals surface area contributed by atoms with E-state index in [1.54, 1.807) is 0 Å². The number of fused-ring (bicyclic) bond motifs is 1. The Morgan fingerprint density at radius 3 is 1.97 bits per heavy atom. The Bertz CT molecular complexity index is 825. The van der Waals surface area contributed by atoms with E-state index in [4.69, 9.17) is 18.6 Å². The highest BCUT2D eigenvalue weighted by Gasteiger charge is 2.56. The normalized spacial score (nSPS) is 27.9. The van der Waals surface area contributed by atoms with E-state index in [-0.39, 0.29) is 29.8 Å². The van der Waals surface area contributed by atoms with Crippen molar-refractivity contribution in [1.82, 2.24) is 0 Å². The summed E-state index contributed by atoms with van der Waals surface area (Å²) in [5.74, 6) is -0.892. The van der Waals surface area contributed by atoms with Crippen molar-refractivity contribution < 1.29 is 23.7 Å². The number of hydrogen-bond acceptors (Lipinski definition) is 5.